The third-order valence-corrected chi connectivity index (χ3v) is 10.5. The predicted octanol–water partition coefficient (Wildman–Crippen LogP) is 3.57. The van der Waals surface area contributed by atoms with Gasteiger partial charge in [-0.3, -0.25) is 19.8 Å². The fourth-order valence-corrected chi connectivity index (χ4v) is 8.04. The van der Waals surface area contributed by atoms with E-state index in [1.54, 1.807) is 20.8 Å². The maximum Gasteiger partial charge on any atom is 0.410 e. The van der Waals surface area contributed by atoms with Crippen LogP contribution in [0.1, 0.15) is 48.8 Å². The monoisotopic (exact) mass is 500 g/mol. The van der Waals surface area contributed by atoms with Crippen molar-refractivity contribution in [1.29, 1.82) is 5.26 Å². The lowest BCUT2D eigenvalue weighted by molar-refractivity contribution is 0.102. The Bertz CT molecular complexity index is 1280. The Morgan fingerprint density at radius 1 is 1.26 bits per heavy atom. The lowest BCUT2D eigenvalue weighted by Gasteiger charge is -2.56. The number of anilines is 1. The van der Waals surface area contributed by atoms with Gasteiger partial charge in [-0.25, -0.2) is 14.2 Å². The topological polar surface area (TPSA) is 160 Å². The Morgan fingerprint density at radius 3 is 2.63 bits per heavy atom. The summed E-state index contributed by atoms with van der Waals surface area (Å²) in [6, 6.07) is 8.82. The molecule has 5 N–H and O–H groups in total. The number of pyridine rings is 1. The molecule has 0 bridgehead atoms. The Labute approximate surface area is 202 Å². The summed E-state index contributed by atoms with van der Waals surface area (Å²) < 4.78 is 29.1. The highest BCUT2D eigenvalue weighted by Crippen LogP contribution is 2.67. The Kier molecular flexibility index (Phi) is 6.04. The number of hydrogen-bond donors (Lipinski definition) is 5. The number of aliphatic imine (C=N–C) groups is 1. The van der Waals surface area contributed by atoms with Crippen molar-refractivity contribution in [2.24, 2.45) is 4.99 Å². The van der Waals surface area contributed by atoms with Crippen molar-refractivity contribution in [3.63, 3.8) is 0 Å². The van der Waals surface area contributed by atoms with Gasteiger partial charge in [0.05, 0.1) is 15.6 Å². The number of amides is 2. The van der Waals surface area contributed by atoms with Crippen LogP contribution in [0.5, 0.6) is 0 Å². The van der Waals surface area contributed by atoms with Gasteiger partial charge in [0.15, 0.2) is 0 Å². The Balaban J connectivity index is 1.76. The minimum Gasteiger partial charge on any atom is -0.465 e. The van der Waals surface area contributed by atoms with E-state index in [2.05, 4.69) is 25.3 Å². The molecule has 0 aliphatic carbocycles. The molecular formula is C23H25FN6O4S. The number of nitrogens with zero attached hydrogens (tertiary/aromatic N) is 3. The van der Waals surface area contributed by atoms with Crippen molar-refractivity contribution in [3.05, 3.63) is 59.2 Å². The molecule has 0 unspecified atom stereocenters. The zero-order valence-corrected chi connectivity index (χ0v) is 20.1. The second-order valence-corrected chi connectivity index (χ2v) is 12.2. The molecular weight excluding hydrogens is 475 g/mol. The highest BCUT2D eigenvalue weighted by molar-refractivity contribution is 8.29. The molecule has 0 radical (unpaired) electrons. The number of halogens is 1. The first-order chi connectivity index (χ1) is 16.4. The summed E-state index contributed by atoms with van der Waals surface area (Å²) in [6.07, 6.45) is 0.439. The van der Waals surface area contributed by atoms with E-state index in [1.807, 2.05) is 6.07 Å². The molecule has 2 aliphatic rings. The van der Waals surface area contributed by atoms with Crippen molar-refractivity contribution in [1.82, 2.24) is 15.0 Å². The van der Waals surface area contributed by atoms with Crippen LogP contribution >= 0.6 is 10.5 Å². The van der Waals surface area contributed by atoms with Gasteiger partial charge in [-0.15, -0.1) is 0 Å². The van der Waals surface area contributed by atoms with Crippen LogP contribution in [0.4, 0.5) is 14.9 Å². The lowest BCUT2D eigenvalue weighted by Crippen LogP contribution is -2.59. The number of carbonyl (C=O) groups excluding carboxylic acids is 1. The smallest absolute Gasteiger partial charge is 0.410 e. The molecule has 3 atom stereocenters. The molecule has 2 aromatic rings. The number of hydrogen-bond acceptors (Lipinski definition) is 7. The van der Waals surface area contributed by atoms with E-state index in [4.69, 9.17) is 5.26 Å². The third kappa shape index (κ3) is 4.01. The number of fused-ring (bicyclic) bond motifs is 1. The van der Waals surface area contributed by atoms with Gasteiger partial charge in [-0.05, 0) is 57.5 Å². The Hall–Kier alpha value is -3.53. The van der Waals surface area contributed by atoms with Gasteiger partial charge in [-0.2, -0.15) is 5.26 Å². The standard InChI is InChI=1S/C23H25FN6O4S/c1-22(2)20(29-21(32)33)30-23(3,18-8-9-27-35(18,22)34)15-10-14(5-6-16(15)24)28-19(31)17-7-4-13(11-25)12-26-17/h4-7,10,12,18,27,34H,8-9H2,1-3H3,(H,28,31)(H,29,30)(H,32,33)/t18-,23+/m0/s1. The minimum absolute atomic E-state index is 0.0336. The number of amidine groups is 1. The van der Waals surface area contributed by atoms with Crippen LogP contribution in [0.15, 0.2) is 41.5 Å². The Morgan fingerprint density at radius 2 is 2.00 bits per heavy atom. The van der Waals surface area contributed by atoms with Gasteiger partial charge in [0, 0.05) is 24.0 Å². The quantitative estimate of drug-likeness (QED) is 0.431. The molecule has 4 rings (SSSR count). The summed E-state index contributed by atoms with van der Waals surface area (Å²) in [5.74, 6) is -1.12. The van der Waals surface area contributed by atoms with Gasteiger partial charge in [0.2, 0.25) is 0 Å². The SMILES string of the molecule is CC1(C)C(NC(=O)O)=N[C@](C)(c2cc(NC(=O)c3ccc(C#N)cn3)ccc2F)[C@@H]2CCN[S@@]21O. The molecule has 0 saturated carbocycles. The molecule has 184 valence electrons. The summed E-state index contributed by atoms with van der Waals surface area (Å²) >= 11 is 0. The molecule has 35 heavy (non-hydrogen) atoms. The summed E-state index contributed by atoms with van der Waals surface area (Å²) in [6.45, 7) is 5.54. The predicted molar refractivity (Wildman–Crippen MR) is 130 cm³/mol. The molecule has 3 heterocycles. The van der Waals surface area contributed by atoms with Gasteiger partial charge in [0.25, 0.3) is 5.91 Å². The third-order valence-electron chi connectivity index (χ3n) is 6.58. The fourth-order valence-electron chi connectivity index (χ4n) is 4.65. The number of carboxylic acid groups (broad SMARTS) is 1. The minimum atomic E-state index is -2.67. The summed E-state index contributed by atoms with van der Waals surface area (Å²) in [5.41, 5.74) is -0.551. The van der Waals surface area contributed by atoms with E-state index in [-0.39, 0.29) is 22.8 Å². The second kappa shape index (κ2) is 8.60. The van der Waals surface area contributed by atoms with Crippen LogP contribution in [0.3, 0.4) is 0 Å². The van der Waals surface area contributed by atoms with Crippen molar-refractivity contribution in [2.75, 3.05) is 11.9 Å². The van der Waals surface area contributed by atoms with Crippen molar-refractivity contribution in [2.45, 2.75) is 42.7 Å². The number of rotatable bonds is 3. The van der Waals surface area contributed by atoms with E-state index in [1.165, 1.54) is 36.5 Å². The first kappa shape index (κ1) is 24.6. The molecule has 2 amide bonds. The molecule has 0 spiro atoms. The number of nitriles is 1. The highest BCUT2D eigenvalue weighted by atomic mass is 32.3. The van der Waals surface area contributed by atoms with Gasteiger partial charge in [0.1, 0.15) is 29.0 Å². The van der Waals surface area contributed by atoms with Crippen LogP contribution in [-0.2, 0) is 5.54 Å². The number of nitrogens with one attached hydrogen (secondary N) is 3. The van der Waals surface area contributed by atoms with Gasteiger partial charge in [-0.1, -0.05) is 10.5 Å². The maximum absolute atomic E-state index is 15.3. The summed E-state index contributed by atoms with van der Waals surface area (Å²) in [4.78, 5) is 32.8. The average molecular weight is 501 g/mol. The van der Waals surface area contributed by atoms with Gasteiger partial charge >= 0.3 is 6.09 Å². The molecule has 1 saturated heterocycles. The normalized spacial score (nSPS) is 26.7. The van der Waals surface area contributed by atoms with Crippen LogP contribution in [-0.4, -0.2) is 49.0 Å². The second-order valence-electron chi connectivity index (χ2n) is 9.04. The zero-order chi connectivity index (χ0) is 25.6. The largest absolute Gasteiger partial charge is 0.465 e. The fraction of sp³-hybridized carbons (Fsp3) is 0.348. The van der Waals surface area contributed by atoms with E-state index < -0.39 is 43.8 Å². The molecule has 1 aromatic carbocycles. The van der Waals surface area contributed by atoms with Crippen LogP contribution < -0.4 is 15.4 Å². The molecule has 12 heteroatoms. The molecule has 10 nitrogen and oxygen atoms in total. The van der Waals surface area contributed by atoms with Crippen LogP contribution in [0, 0.1) is 17.1 Å². The van der Waals surface area contributed by atoms with E-state index in [0.29, 0.717) is 18.5 Å². The number of benzene rings is 1. The first-order valence-corrected chi connectivity index (χ1v) is 12.4. The number of aromatic nitrogens is 1. The van der Waals surface area contributed by atoms with Crippen molar-refractivity contribution in [3.8, 4) is 6.07 Å². The average Bonchev–Trinajstić information content (AvgIpc) is 3.23. The molecule has 1 fully saturated rings. The zero-order valence-electron chi connectivity index (χ0n) is 19.3. The number of carbonyl (C=O) groups is 2. The van der Waals surface area contributed by atoms with Gasteiger partial charge < -0.3 is 15.0 Å². The van der Waals surface area contributed by atoms with Crippen molar-refractivity contribution >= 4 is 34.0 Å². The highest BCUT2D eigenvalue weighted by Gasteiger charge is 2.61. The van der Waals surface area contributed by atoms with E-state index >= 15 is 4.39 Å². The summed E-state index contributed by atoms with van der Waals surface area (Å²) in [7, 11) is -2.67. The lowest BCUT2D eigenvalue weighted by atomic mass is 9.85. The molecule has 2 aliphatic heterocycles. The first-order valence-electron chi connectivity index (χ1n) is 10.8. The maximum atomic E-state index is 15.3. The van der Waals surface area contributed by atoms with E-state index in [9.17, 15) is 19.2 Å². The van der Waals surface area contributed by atoms with Crippen LogP contribution in [0.25, 0.3) is 0 Å². The van der Waals surface area contributed by atoms with E-state index in [0.717, 1.165) is 0 Å². The van der Waals surface area contributed by atoms with Crippen LogP contribution in [0.2, 0.25) is 0 Å². The summed E-state index contributed by atoms with van der Waals surface area (Å²) in [5, 5.41) is 22.7. The molecule has 1 aromatic heterocycles. The van der Waals surface area contributed by atoms with Crippen molar-refractivity contribution < 1.29 is 23.6 Å².